The van der Waals surface area contributed by atoms with Gasteiger partial charge in [0, 0.05) is 25.7 Å². The van der Waals surface area contributed by atoms with E-state index in [0.717, 1.165) is 108 Å². The first-order chi connectivity index (χ1) is 52.8. The standard InChI is InChI=1S/C90H176O17P2/c1-8-10-11-12-13-14-15-28-35-43-50-57-64-71-87(92)100-78-86(107-90(95)74-67-60-53-46-39-38-42-49-56-63-70-83(7)9-2)80-105-109(98,99)103-76-84(91)75-102-108(96,97)104-79-85(106-89(94)73-66-59-52-45-37-32-27-23-19-17-21-25-30-34-41-48-55-62-69-82(5)6)77-101-88(93)72-65-58-51-44-36-31-26-22-18-16-20-24-29-33-40-47-54-61-68-81(3)4/h81-86,91H,8-80H2,1-7H3,(H,96,97)(H,98,99)/t83?,84-,85-,86-/m1/s1. The second-order valence-corrected chi connectivity index (χ2v) is 36.4. The summed E-state index contributed by atoms with van der Waals surface area (Å²) in [6, 6.07) is 0. The van der Waals surface area contributed by atoms with Crippen LogP contribution >= 0.6 is 15.6 Å². The zero-order chi connectivity index (χ0) is 80.0. The van der Waals surface area contributed by atoms with Crippen LogP contribution in [0.4, 0.5) is 0 Å². The van der Waals surface area contributed by atoms with Gasteiger partial charge in [0.05, 0.1) is 26.4 Å². The summed E-state index contributed by atoms with van der Waals surface area (Å²) in [6.45, 7) is 12.1. The van der Waals surface area contributed by atoms with E-state index in [1.165, 1.54) is 289 Å². The predicted octanol–water partition coefficient (Wildman–Crippen LogP) is 27.6. The molecule has 0 fully saturated rings. The van der Waals surface area contributed by atoms with Gasteiger partial charge < -0.3 is 33.8 Å². The fourth-order valence-electron chi connectivity index (χ4n) is 14.0. The number of phosphoric acid groups is 2. The van der Waals surface area contributed by atoms with Gasteiger partial charge in [-0.25, -0.2) is 9.13 Å². The third kappa shape index (κ3) is 82.4. The van der Waals surface area contributed by atoms with Gasteiger partial charge in [0.15, 0.2) is 12.2 Å². The highest BCUT2D eigenvalue weighted by Gasteiger charge is 2.31. The predicted molar refractivity (Wildman–Crippen MR) is 451 cm³/mol. The molecule has 3 N–H and O–H groups in total. The maximum atomic E-state index is 13.2. The molecule has 0 bridgehead atoms. The lowest BCUT2D eigenvalue weighted by atomic mass is 9.99. The fourth-order valence-corrected chi connectivity index (χ4v) is 15.6. The number of carbonyl (C=O) groups is 4. The lowest BCUT2D eigenvalue weighted by Crippen LogP contribution is -2.30. The maximum Gasteiger partial charge on any atom is 0.472 e. The molecule has 17 nitrogen and oxygen atoms in total. The lowest BCUT2D eigenvalue weighted by molar-refractivity contribution is -0.161. The molecule has 19 heteroatoms. The molecule has 0 rings (SSSR count). The summed E-state index contributed by atoms with van der Waals surface area (Å²) < 4.78 is 69.0. The summed E-state index contributed by atoms with van der Waals surface area (Å²) in [5, 5.41) is 10.7. The van der Waals surface area contributed by atoms with Crippen LogP contribution in [0, 0.1) is 17.8 Å². The topological polar surface area (TPSA) is 237 Å². The van der Waals surface area contributed by atoms with Gasteiger partial charge in [-0.1, -0.05) is 427 Å². The number of hydrogen-bond acceptors (Lipinski definition) is 15. The summed E-state index contributed by atoms with van der Waals surface area (Å²) in [7, 11) is -9.93. The van der Waals surface area contributed by atoms with Crippen LogP contribution in [-0.2, 0) is 65.4 Å². The van der Waals surface area contributed by atoms with E-state index in [1.807, 2.05) is 0 Å². The Morgan fingerprint density at radius 3 is 0.697 bits per heavy atom. The van der Waals surface area contributed by atoms with Crippen molar-refractivity contribution < 1.29 is 80.2 Å². The summed E-state index contributed by atoms with van der Waals surface area (Å²) in [5.41, 5.74) is 0. The molecule has 0 amide bonds. The van der Waals surface area contributed by atoms with Crippen LogP contribution in [0.15, 0.2) is 0 Å². The van der Waals surface area contributed by atoms with Gasteiger partial charge in [0.25, 0.3) is 0 Å². The molecule has 0 aromatic rings. The number of esters is 4. The highest BCUT2D eigenvalue weighted by Crippen LogP contribution is 2.45. The molecule has 109 heavy (non-hydrogen) atoms. The van der Waals surface area contributed by atoms with Crippen LogP contribution < -0.4 is 0 Å². The zero-order valence-electron chi connectivity index (χ0n) is 72.0. The smallest absolute Gasteiger partial charge is 0.462 e. The quantitative estimate of drug-likeness (QED) is 0.0222. The third-order valence-corrected chi connectivity index (χ3v) is 23.4. The van der Waals surface area contributed by atoms with Crippen molar-refractivity contribution in [1.82, 2.24) is 0 Å². The van der Waals surface area contributed by atoms with Crippen molar-refractivity contribution >= 4 is 39.5 Å². The summed E-state index contributed by atoms with van der Waals surface area (Å²) >= 11 is 0. The number of rotatable bonds is 88. The number of hydrogen-bond donors (Lipinski definition) is 3. The second-order valence-electron chi connectivity index (χ2n) is 33.5. The molecule has 0 aliphatic rings. The van der Waals surface area contributed by atoms with Gasteiger partial charge in [-0.3, -0.25) is 37.3 Å². The number of aliphatic hydroxyl groups is 1. The Balaban J connectivity index is 5.25. The lowest BCUT2D eigenvalue weighted by Gasteiger charge is -2.21. The van der Waals surface area contributed by atoms with Crippen LogP contribution in [0.2, 0.25) is 0 Å². The molecule has 0 spiro atoms. The normalized spacial score (nSPS) is 14.1. The summed E-state index contributed by atoms with van der Waals surface area (Å²) in [6.07, 6.45) is 72.1. The van der Waals surface area contributed by atoms with Crippen molar-refractivity contribution in [2.45, 2.75) is 497 Å². The second kappa shape index (κ2) is 79.9. The van der Waals surface area contributed by atoms with Gasteiger partial charge >= 0.3 is 39.5 Å². The maximum absolute atomic E-state index is 13.2. The van der Waals surface area contributed by atoms with Crippen LogP contribution in [0.3, 0.4) is 0 Å². The number of unbranched alkanes of at least 4 members (excludes halogenated alkanes) is 55. The van der Waals surface area contributed by atoms with E-state index < -0.39 is 97.5 Å². The van der Waals surface area contributed by atoms with E-state index >= 15 is 0 Å². The van der Waals surface area contributed by atoms with E-state index in [9.17, 15) is 43.2 Å². The number of phosphoric ester groups is 2. The SMILES string of the molecule is CCCCCCCCCCCCCCCC(=O)OC[C@H](COP(=O)(O)OC[C@H](O)COP(=O)(O)OC[C@@H](COC(=O)CCCCCCCCCCCCCCCCCCCCC(C)C)OC(=O)CCCCCCCCCCCCCCCCCCCCC(C)C)OC(=O)CCCCCCCCCCCCC(C)CC. The van der Waals surface area contributed by atoms with Crippen molar-refractivity contribution in [1.29, 1.82) is 0 Å². The Labute approximate surface area is 670 Å². The average molecular weight is 1590 g/mol. The number of aliphatic hydroxyl groups excluding tert-OH is 1. The molecule has 0 aromatic carbocycles. The van der Waals surface area contributed by atoms with Crippen molar-refractivity contribution in [3.63, 3.8) is 0 Å². The monoisotopic (exact) mass is 1590 g/mol. The zero-order valence-corrected chi connectivity index (χ0v) is 73.8. The van der Waals surface area contributed by atoms with Gasteiger partial charge in [-0.05, 0) is 43.4 Å². The van der Waals surface area contributed by atoms with E-state index in [4.69, 9.17) is 37.0 Å². The molecule has 0 radical (unpaired) electrons. The molecule has 0 saturated heterocycles. The van der Waals surface area contributed by atoms with Gasteiger partial charge in [0.1, 0.15) is 19.3 Å². The van der Waals surface area contributed by atoms with E-state index in [0.29, 0.717) is 25.7 Å². The van der Waals surface area contributed by atoms with E-state index in [2.05, 4.69) is 48.5 Å². The minimum Gasteiger partial charge on any atom is -0.462 e. The largest absolute Gasteiger partial charge is 0.472 e. The molecule has 0 aliphatic heterocycles. The molecule has 0 aliphatic carbocycles. The summed E-state index contributed by atoms with van der Waals surface area (Å²) in [5.74, 6) is 0.348. The Morgan fingerprint density at radius 2 is 0.468 bits per heavy atom. The number of ether oxygens (including phenoxy) is 4. The fraction of sp³-hybridized carbons (Fsp3) is 0.956. The molecule has 0 heterocycles. The van der Waals surface area contributed by atoms with Crippen LogP contribution in [0.25, 0.3) is 0 Å². The van der Waals surface area contributed by atoms with Gasteiger partial charge in [-0.2, -0.15) is 0 Å². The van der Waals surface area contributed by atoms with Crippen molar-refractivity contribution in [3.05, 3.63) is 0 Å². The van der Waals surface area contributed by atoms with Crippen molar-refractivity contribution in [3.8, 4) is 0 Å². The molecular formula is C90H176O17P2. The van der Waals surface area contributed by atoms with E-state index in [1.54, 1.807) is 0 Å². The molecule has 648 valence electrons. The van der Waals surface area contributed by atoms with Crippen LogP contribution in [0.5, 0.6) is 0 Å². The Bertz CT molecular complexity index is 2100. The van der Waals surface area contributed by atoms with E-state index in [-0.39, 0.29) is 25.7 Å². The highest BCUT2D eigenvalue weighted by atomic mass is 31.2. The minimum atomic E-state index is -4.97. The first-order valence-corrected chi connectivity index (χ1v) is 49.4. The van der Waals surface area contributed by atoms with Crippen LogP contribution in [-0.4, -0.2) is 96.7 Å². The number of carbonyl (C=O) groups excluding carboxylic acids is 4. The Kier molecular flexibility index (Phi) is 78.5. The Morgan fingerprint density at radius 1 is 0.266 bits per heavy atom. The minimum absolute atomic E-state index is 0.107. The average Bonchev–Trinajstić information content (AvgIpc) is 0.897. The van der Waals surface area contributed by atoms with Crippen LogP contribution in [0.1, 0.15) is 479 Å². The molecule has 6 atom stereocenters. The van der Waals surface area contributed by atoms with Crippen molar-refractivity contribution in [2.75, 3.05) is 39.6 Å². The van der Waals surface area contributed by atoms with Crippen molar-refractivity contribution in [2.24, 2.45) is 17.8 Å². The first kappa shape index (κ1) is 107. The first-order valence-electron chi connectivity index (χ1n) is 46.4. The Hall–Kier alpha value is -1.94. The van der Waals surface area contributed by atoms with Gasteiger partial charge in [0.2, 0.25) is 0 Å². The van der Waals surface area contributed by atoms with Gasteiger partial charge in [-0.15, -0.1) is 0 Å². The molecule has 0 aromatic heterocycles. The third-order valence-electron chi connectivity index (χ3n) is 21.5. The summed E-state index contributed by atoms with van der Waals surface area (Å²) in [4.78, 5) is 73.4. The molecular weight excluding hydrogens is 1410 g/mol. The highest BCUT2D eigenvalue weighted by molar-refractivity contribution is 7.47. The molecule has 0 saturated carbocycles. The molecule has 3 unspecified atom stereocenters.